The second-order valence-electron chi connectivity index (χ2n) is 4.81. The third kappa shape index (κ3) is 2.42. The maximum absolute atomic E-state index is 3.52. The van der Waals surface area contributed by atoms with E-state index < -0.39 is 0 Å². The van der Waals surface area contributed by atoms with E-state index in [0.717, 1.165) is 13.1 Å². The van der Waals surface area contributed by atoms with E-state index in [2.05, 4.69) is 67.9 Å². The Balaban J connectivity index is 2.14. The molecule has 1 heterocycles. The van der Waals surface area contributed by atoms with Crippen LogP contribution in [0.4, 0.5) is 5.69 Å². The summed E-state index contributed by atoms with van der Waals surface area (Å²) in [5, 5.41) is 3.52. The quantitative estimate of drug-likeness (QED) is 0.856. The van der Waals surface area contributed by atoms with Gasteiger partial charge in [0.15, 0.2) is 0 Å². The van der Waals surface area contributed by atoms with Crippen molar-refractivity contribution in [3.8, 4) is 0 Å². The van der Waals surface area contributed by atoms with Gasteiger partial charge in [0.05, 0.1) is 0 Å². The van der Waals surface area contributed by atoms with Crippen molar-refractivity contribution in [2.24, 2.45) is 0 Å². The number of anilines is 1. The third-order valence-corrected chi connectivity index (χ3v) is 3.61. The number of nitrogens with zero attached hydrogens (tertiary/aromatic N) is 1. The number of para-hydroxylation sites is 1. The summed E-state index contributed by atoms with van der Waals surface area (Å²) in [7, 11) is 0. The Morgan fingerprint density at radius 1 is 1.11 bits per heavy atom. The van der Waals surface area contributed by atoms with E-state index >= 15 is 0 Å². The van der Waals surface area contributed by atoms with E-state index in [1.165, 1.54) is 28.2 Å². The van der Waals surface area contributed by atoms with Crippen LogP contribution in [0.15, 0.2) is 30.3 Å². The lowest BCUT2D eigenvalue weighted by atomic mass is 10.2. The predicted octanol–water partition coefficient (Wildman–Crippen LogP) is 4.05. The molecule has 96 valence electrons. The molecular formula is C16H22N2. The molecule has 0 saturated carbocycles. The van der Waals surface area contributed by atoms with Gasteiger partial charge in [0.25, 0.3) is 0 Å². The Morgan fingerprint density at radius 3 is 2.44 bits per heavy atom. The average molecular weight is 242 g/mol. The summed E-state index contributed by atoms with van der Waals surface area (Å²) in [6.45, 7) is 10.6. The first-order valence-electron chi connectivity index (χ1n) is 6.58. The molecule has 2 nitrogen and oxygen atoms in total. The van der Waals surface area contributed by atoms with Crippen molar-refractivity contribution in [1.82, 2.24) is 4.57 Å². The molecule has 2 aromatic rings. The van der Waals surface area contributed by atoms with Crippen LogP contribution in [0.2, 0.25) is 0 Å². The van der Waals surface area contributed by atoms with E-state index in [9.17, 15) is 0 Å². The fourth-order valence-electron chi connectivity index (χ4n) is 2.50. The zero-order valence-electron chi connectivity index (χ0n) is 11.7. The highest BCUT2D eigenvalue weighted by Gasteiger charge is 2.07. The number of hydrogen-bond donors (Lipinski definition) is 1. The predicted molar refractivity (Wildman–Crippen MR) is 78.1 cm³/mol. The second-order valence-corrected chi connectivity index (χ2v) is 4.81. The van der Waals surface area contributed by atoms with Gasteiger partial charge in [-0.2, -0.15) is 0 Å². The zero-order chi connectivity index (χ0) is 13.1. The molecule has 0 bridgehead atoms. The molecule has 1 aromatic heterocycles. The molecule has 0 saturated heterocycles. The maximum Gasteiger partial charge on any atom is 0.0418 e. The van der Waals surface area contributed by atoms with E-state index in [1.54, 1.807) is 0 Å². The number of hydrogen-bond acceptors (Lipinski definition) is 1. The molecule has 0 aliphatic carbocycles. The molecule has 18 heavy (non-hydrogen) atoms. The van der Waals surface area contributed by atoms with Gasteiger partial charge in [0, 0.05) is 30.2 Å². The minimum Gasteiger partial charge on any atom is -0.381 e. The molecule has 1 N–H and O–H groups in total. The van der Waals surface area contributed by atoms with E-state index in [-0.39, 0.29) is 0 Å². The van der Waals surface area contributed by atoms with Gasteiger partial charge < -0.3 is 9.88 Å². The van der Waals surface area contributed by atoms with E-state index in [0.29, 0.717) is 0 Å². The standard InChI is InChI=1S/C16H22N2/c1-5-18-13(3)10-15(14(18)4)11-17-16-9-7-6-8-12(16)2/h6-10,17H,5,11H2,1-4H3. The van der Waals surface area contributed by atoms with Gasteiger partial charge in [-0.1, -0.05) is 18.2 Å². The van der Waals surface area contributed by atoms with Crippen LogP contribution < -0.4 is 5.32 Å². The topological polar surface area (TPSA) is 17.0 Å². The summed E-state index contributed by atoms with van der Waals surface area (Å²) in [6.07, 6.45) is 0. The second kappa shape index (κ2) is 5.30. The lowest BCUT2D eigenvalue weighted by Crippen LogP contribution is -2.03. The van der Waals surface area contributed by atoms with Gasteiger partial charge in [0.1, 0.15) is 0 Å². The Labute approximate surface area is 110 Å². The Morgan fingerprint density at radius 2 is 1.83 bits per heavy atom. The largest absolute Gasteiger partial charge is 0.381 e. The molecule has 0 aliphatic heterocycles. The first kappa shape index (κ1) is 12.7. The summed E-state index contributed by atoms with van der Waals surface area (Å²) < 4.78 is 2.36. The van der Waals surface area contributed by atoms with Crippen LogP contribution in [0.3, 0.4) is 0 Å². The van der Waals surface area contributed by atoms with Crippen molar-refractivity contribution in [3.63, 3.8) is 0 Å². The fourth-order valence-corrected chi connectivity index (χ4v) is 2.50. The van der Waals surface area contributed by atoms with Crippen LogP contribution in [-0.4, -0.2) is 4.57 Å². The Hall–Kier alpha value is -1.70. The number of nitrogens with one attached hydrogen (secondary N) is 1. The lowest BCUT2D eigenvalue weighted by Gasteiger charge is -2.10. The van der Waals surface area contributed by atoms with Gasteiger partial charge in [-0.3, -0.25) is 0 Å². The molecule has 2 heteroatoms. The summed E-state index contributed by atoms with van der Waals surface area (Å²) in [4.78, 5) is 0. The van der Waals surface area contributed by atoms with Gasteiger partial charge >= 0.3 is 0 Å². The average Bonchev–Trinajstić information content (AvgIpc) is 2.63. The molecule has 2 rings (SSSR count). The summed E-state index contributed by atoms with van der Waals surface area (Å²) in [5.41, 5.74) is 6.62. The van der Waals surface area contributed by atoms with Crippen molar-refractivity contribution >= 4 is 5.69 Å². The summed E-state index contributed by atoms with van der Waals surface area (Å²) in [6, 6.07) is 10.7. The van der Waals surface area contributed by atoms with Gasteiger partial charge in [-0.05, 0) is 51.0 Å². The van der Waals surface area contributed by atoms with Gasteiger partial charge in [-0.25, -0.2) is 0 Å². The van der Waals surface area contributed by atoms with Crippen molar-refractivity contribution in [1.29, 1.82) is 0 Å². The van der Waals surface area contributed by atoms with Crippen LogP contribution in [0.1, 0.15) is 29.4 Å². The monoisotopic (exact) mass is 242 g/mol. The fraction of sp³-hybridized carbons (Fsp3) is 0.375. The van der Waals surface area contributed by atoms with E-state index in [1.807, 2.05) is 0 Å². The van der Waals surface area contributed by atoms with Crippen LogP contribution in [0, 0.1) is 20.8 Å². The molecule has 0 atom stereocenters. The molecule has 0 fully saturated rings. The maximum atomic E-state index is 3.52. The number of aryl methyl sites for hydroxylation is 2. The minimum absolute atomic E-state index is 0.893. The first-order valence-corrected chi connectivity index (χ1v) is 6.58. The highest BCUT2D eigenvalue weighted by Crippen LogP contribution is 2.18. The molecule has 0 spiro atoms. The molecule has 1 aromatic carbocycles. The third-order valence-electron chi connectivity index (χ3n) is 3.61. The van der Waals surface area contributed by atoms with Crippen LogP contribution in [0.25, 0.3) is 0 Å². The number of benzene rings is 1. The van der Waals surface area contributed by atoms with Crippen LogP contribution in [-0.2, 0) is 13.1 Å². The normalized spacial score (nSPS) is 10.7. The van der Waals surface area contributed by atoms with Crippen LogP contribution in [0.5, 0.6) is 0 Å². The molecular weight excluding hydrogens is 220 g/mol. The van der Waals surface area contributed by atoms with Crippen molar-refractivity contribution < 1.29 is 0 Å². The number of rotatable bonds is 4. The Bertz CT molecular complexity index is 538. The SMILES string of the molecule is CCn1c(C)cc(CNc2ccccc2C)c1C. The molecule has 0 aliphatic rings. The highest BCUT2D eigenvalue weighted by atomic mass is 15.0. The Kier molecular flexibility index (Phi) is 3.75. The smallest absolute Gasteiger partial charge is 0.0418 e. The number of aromatic nitrogens is 1. The first-order chi connectivity index (χ1) is 8.63. The van der Waals surface area contributed by atoms with Gasteiger partial charge in [0.2, 0.25) is 0 Å². The molecule has 0 amide bonds. The van der Waals surface area contributed by atoms with Crippen molar-refractivity contribution in [2.75, 3.05) is 5.32 Å². The van der Waals surface area contributed by atoms with Crippen molar-refractivity contribution in [2.45, 2.75) is 40.8 Å². The van der Waals surface area contributed by atoms with Gasteiger partial charge in [-0.15, -0.1) is 0 Å². The molecule has 0 radical (unpaired) electrons. The minimum atomic E-state index is 0.893. The van der Waals surface area contributed by atoms with Crippen LogP contribution >= 0.6 is 0 Å². The summed E-state index contributed by atoms with van der Waals surface area (Å²) in [5.74, 6) is 0. The van der Waals surface area contributed by atoms with E-state index in [4.69, 9.17) is 0 Å². The highest BCUT2D eigenvalue weighted by molar-refractivity contribution is 5.50. The molecule has 0 unspecified atom stereocenters. The summed E-state index contributed by atoms with van der Waals surface area (Å²) >= 11 is 0. The lowest BCUT2D eigenvalue weighted by molar-refractivity contribution is 0.715. The van der Waals surface area contributed by atoms with Crippen molar-refractivity contribution in [3.05, 3.63) is 52.8 Å². The zero-order valence-corrected chi connectivity index (χ0v) is 11.7.